The molecule has 0 radical (unpaired) electrons. The molecule has 1 fully saturated rings. The van der Waals surface area contributed by atoms with Gasteiger partial charge in [0.05, 0.1) is 6.42 Å². The molecule has 20 heavy (non-hydrogen) atoms. The first-order chi connectivity index (χ1) is 9.37. The second-order valence-corrected chi connectivity index (χ2v) is 6.17. The van der Waals surface area contributed by atoms with Crippen LogP contribution >= 0.6 is 0 Å². The maximum Gasteiger partial charge on any atom is 0.305 e. The molecule has 1 N–H and O–H groups in total. The first-order valence-electron chi connectivity index (χ1n) is 7.50. The summed E-state index contributed by atoms with van der Waals surface area (Å²) in [7, 11) is 5.53. The van der Waals surface area contributed by atoms with E-state index in [4.69, 9.17) is 0 Å². The van der Waals surface area contributed by atoms with Gasteiger partial charge in [-0.25, -0.2) is 0 Å². The second-order valence-electron chi connectivity index (χ2n) is 6.17. The Labute approximate surface area is 121 Å². The van der Waals surface area contributed by atoms with Crippen molar-refractivity contribution < 1.29 is 14.7 Å². The summed E-state index contributed by atoms with van der Waals surface area (Å²) in [6, 6.07) is 0. The van der Waals surface area contributed by atoms with Crippen LogP contribution in [0.5, 0.6) is 0 Å². The molecular weight excluding hydrogens is 256 g/mol. The van der Waals surface area contributed by atoms with Gasteiger partial charge in [0.15, 0.2) is 0 Å². The zero-order valence-electron chi connectivity index (χ0n) is 13.0. The lowest BCUT2D eigenvalue weighted by molar-refractivity contribution is -0.141. The third-order valence-corrected chi connectivity index (χ3v) is 4.46. The highest BCUT2D eigenvalue weighted by Gasteiger charge is 2.37. The molecule has 0 aromatic heterocycles. The highest BCUT2D eigenvalue weighted by atomic mass is 16.4. The Morgan fingerprint density at radius 3 is 2.20 bits per heavy atom. The van der Waals surface area contributed by atoms with Crippen LogP contribution in [0.1, 0.15) is 51.4 Å². The molecule has 1 aliphatic rings. The van der Waals surface area contributed by atoms with Crippen LogP contribution in [0.2, 0.25) is 0 Å². The molecule has 1 saturated carbocycles. The second kappa shape index (κ2) is 7.62. The fourth-order valence-electron chi connectivity index (χ4n) is 3.11. The summed E-state index contributed by atoms with van der Waals surface area (Å²) in [5.74, 6) is -0.586. The summed E-state index contributed by atoms with van der Waals surface area (Å²) < 4.78 is 0. The van der Waals surface area contributed by atoms with Crippen molar-refractivity contribution in [2.24, 2.45) is 0 Å². The highest BCUT2D eigenvalue weighted by molar-refractivity contribution is 5.75. The molecule has 1 aliphatic carbocycles. The Hall–Kier alpha value is -1.10. The molecule has 0 aliphatic heterocycles. The van der Waals surface area contributed by atoms with Gasteiger partial charge in [0, 0.05) is 26.1 Å². The maximum absolute atomic E-state index is 11.6. The van der Waals surface area contributed by atoms with Crippen molar-refractivity contribution in [2.45, 2.75) is 56.9 Å². The molecule has 5 heteroatoms. The number of nitrogens with zero attached hydrogens (tertiary/aromatic N) is 2. The molecule has 116 valence electrons. The van der Waals surface area contributed by atoms with Crippen molar-refractivity contribution in [3.8, 4) is 0 Å². The molecule has 0 saturated heterocycles. The summed E-state index contributed by atoms with van der Waals surface area (Å²) in [5, 5.41) is 9.18. The van der Waals surface area contributed by atoms with Gasteiger partial charge in [0.25, 0.3) is 0 Å². The summed E-state index contributed by atoms with van der Waals surface area (Å²) in [6.07, 6.45) is 6.85. The molecular formula is C15H28N2O3. The van der Waals surface area contributed by atoms with Crippen molar-refractivity contribution in [2.75, 3.05) is 27.7 Å². The fourth-order valence-corrected chi connectivity index (χ4v) is 3.11. The van der Waals surface area contributed by atoms with Crippen molar-refractivity contribution in [3.63, 3.8) is 0 Å². The summed E-state index contributed by atoms with van der Waals surface area (Å²) in [6.45, 7) is 0.785. The quantitative estimate of drug-likeness (QED) is 0.776. The lowest BCUT2D eigenvalue weighted by Gasteiger charge is -2.44. The van der Waals surface area contributed by atoms with Crippen LogP contribution < -0.4 is 0 Å². The lowest BCUT2D eigenvalue weighted by Crippen LogP contribution is -2.49. The molecule has 5 nitrogen and oxygen atoms in total. The van der Waals surface area contributed by atoms with E-state index in [1.165, 1.54) is 6.42 Å². The van der Waals surface area contributed by atoms with Crippen molar-refractivity contribution >= 4 is 11.9 Å². The average Bonchev–Trinajstić information content (AvgIpc) is 2.38. The minimum Gasteiger partial charge on any atom is -0.481 e. The van der Waals surface area contributed by atoms with Crippen LogP contribution in [0, 0.1) is 0 Å². The van der Waals surface area contributed by atoms with Gasteiger partial charge in [-0.3, -0.25) is 9.59 Å². The fraction of sp³-hybridized carbons (Fsp3) is 0.867. The van der Waals surface area contributed by atoms with Crippen LogP contribution in [-0.2, 0) is 9.59 Å². The SMILES string of the molecule is CN(C)C(=O)CCCN(C)C1(CC(=O)O)CCCCC1. The predicted octanol–water partition coefficient (Wildman–Crippen LogP) is 1.96. The number of carboxylic acid groups (broad SMARTS) is 1. The van der Waals surface area contributed by atoms with E-state index in [-0.39, 0.29) is 17.9 Å². The Morgan fingerprint density at radius 1 is 1.10 bits per heavy atom. The minimum absolute atomic E-state index is 0.134. The topological polar surface area (TPSA) is 60.9 Å². The highest BCUT2D eigenvalue weighted by Crippen LogP contribution is 2.35. The van der Waals surface area contributed by atoms with Gasteiger partial charge in [-0.1, -0.05) is 19.3 Å². The third-order valence-electron chi connectivity index (χ3n) is 4.46. The molecule has 0 bridgehead atoms. The molecule has 0 unspecified atom stereocenters. The van der Waals surface area contributed by atoms with Crippen molar-refractivity contribution in [3.05, 3.63) is 0 Å². The lowest BCUT2D eigenvalue weighted by atomic mass is 9.78. The minimum atomic E-state index is -0.719. The molecule has 0 aromatic carbocycles. The number of carbonyl (C=O) groups excluding carboxylic acids is 1. The standard InChI is InChI=1S/C15H28N2O3/c1-16(2)13(18)8-7-11-17(3)15(12-14(19)20)9-5-4-6-10-15/h4-12H2,1-3H3,(H,19,20). The van der Waals surface area contributed by atoms with Crippen molar-refractivity contribution in [1.29, 1.82) is 0 Å². The number of carbonyl (C=O) groups is 2. The third kappa shape index (κ3) is 4.78. The number of carboxylic acids is 1. The molecule has 0 heterocycles. The van der Waals surface area contributed by atoms with Gasteiger partial charge in [-0.05, 0) is 32.9 Å². The van der Waals surface area contributed by atoms with E-state index in [0.29, 0.717) is 6.42 Å². The van der Waals surface area contributed by atoms with Crippen LogP contribution in [0.25, 0.3) is 0 Å². The van der Waals surface area contributed by atoms with Crippen LogP contribution in [0.3, 0.4) is 0 Å². The Balaban J connectivity index is 2.53. The van der Waals surface area contributed by atoms with Gasteiger partial charge in [0.1, 0.15) is 0 Å². The number of hydrogen-bond acceptors (Lipinski definition) is 3. The summed E-state index contributed by atoms with van der Waals surface area (Å²) in [5.41, 5.74) is -0.203. The van der Waals surface area contributed by atoms with Crippen LogP contribution in [-0.4, -0.2) is 60.0 Å². The summed E-state index contributed by atoms with van der Waals surface area (Å²) in [4.78, 5) is 26.5. The Bertz CT molecular complexity index is 336. The smallest absolute Gasteiger partial charge is 0.305 e. The monoisotopic (exact) mass is 284 g/mol. The Kier molecular flexibility index (Phi) is 6.46. The van der Waals surface area contributed by atoms with E-state index in [0.717, 1.165) is 38.6 Å². The molecule has 0 spiro atoms. The number of rotatable bonds is 7. The van der Waals surface area contributed by atoms with Gasteiger partial charge in [0.2, 0.25) is 5.91 Å². The van der Waals surface area contributed by atoms with E-state index in [1.54, 1.807) is 19.0 Å². The molecule has 1 rings (SSSR count). The number of aliphatic carboxylic acids is 1. The van der Waals surface area contributed by atoms with E-state index in [1.807, 2.05) is 7.05 Å². The van der Waals surface area contributed by atoms with Crippen LogP contribution in [0.4, 0.5) is 0 Å². The number of hydrogen-bond donors (Lipinski definition) is 1. The number of amides is 1. The van der Waals surface area contributed by atoms with E-state index in [9.17, 15) is 14.7 Å². The van der Waals surface area contributed by atoms with Crippen LogP contribution in [0.15, 0.2) is 0 Å². The van der Waals surface area contributed by atoms with Gasteiger partial charge < -0.3 is 14.9 Å². The van der Waals surface area contributed by atoms with Gasteiger partial charge in [-0.2, -0.15) is 0 Å². The normalized spacial score (nSPS) is 18.0. The maximum atomic E-state index is 11.6. The largest absolute Gasteiger partial charge is 0.481 e. The Morgan fingerprint density at radius 2 is 1.70 bits per heavy atom. The zero-order valence-corrected chi connectivity index (χ0v) is 13.0. The zero-order chi connectivity index (χ0) is 15.2. The molecule has 0 aromatic rings. The average molecular weight is 284 g/mol. The predicted molar refractivity (Wildman–Crippen MR) is 78.6 cm³/mol. The molecule has 1 amide bonds. The first-order valence-corrected chi connectivity index (χ1v) is 7.50. The van der Waals surface area contributed by atoms with Crippen molar-refractivity contribution in [1.82, 2.24) is 9.80 Å². The van der Waals surface area contributed by atoms with Gasteiger partial charge in [-0.15, -0.1) is 0 Å². The summed E-state index contributed by atoms with van der Waals surface area (Å²) >= 11 is 0. The van der Waals surface area contributed by atoms with Gasteiger partial charge >= 0.3 is 5.97 Å². The molecule has 0 atom stereocenters. The van der Waals surface area contributed by atoms with E-state index in [2.05, 4.69) is 4.90 Å². The van der Waals surface area contributed by atoms with E-state index < -0.39 is 5.97 Å². The first kappa shape index (κ1) is 17.0. The van der Waals surface area contributed by atoms with E-state index >= 15 is 0 Å².